The lowest BCUT2D eigenvalue weighted by Crippen LogP contribution is -2.12. The highest BCUT2D eigenvalue weighted by molar-refractivity contribution is 6.30. The van der Waals surface area contributed by atoms with E-state index < -0.39 is 11.7 Å². The second-order valence-corrected chi connectivity index (χ2v) is 5.66. The number of carbonyl (C=O) groups is 1. The highest BCUT2D eigenvalue weighted by atomic mass is 35.5. The Balaban J connectivity index is 1.87. The molecule has 122 valence electrons. The van der Waals surface area contributed by atoms with Gasteiger partial charge in [0.05, 0.1) is 5.69 Å². The van der Waals surface area contributed by atoms with E-state index in [9.17, 15) is 9.18 Å². The number of nitrogens with zero attached hydrogens (tertiary/aromatic N) is 2. The van der Waals surface area contributed by atoms with E-state index in [0.717, 1.165) is 17.8 Å². The van der Waals surface area contributed by atoms with Gasteiger partial charge in [0.2, 0.25) is 0 Å². The van der Waals surface area contributed by atoms with Crippen LogP contribution in [-0.4, -0.2) is 15.7 Å². The number of rotatable bonds is 4. The van der Waals surface area contributed by atoms with Crippen molar-refractivity contribution in [3.8, 4) is 5.69 Å². The maximum atomic E-state index is 13.2. The molecule has 0 saturated carbocycles. The second-order valence-electron chi connectivity index (χ2n) is 5.23. The van der Waals surface area contributed by atoms with Crippen LogP contribution in [0.4, 0.5) is 10.2 Å². The summed E-state index contributed by atoms with van der Waals surface area (Å²) in [7, 11) is 0. The van der Waals surface area contributed by atoms with Gasteiger partial charge in [-0.05, 0) is 48.9 Å². The molecule has 0 atom stereocenters. The largest absolute Gasteiger partial charge is 0.305 e. The summed E-state index contributed by atoms with van der Waals surface area (Å²) in [6.45, 7) is 2.00. The zero-order chi connectivity index (χ0) is 17.1. The fourth-order valence-corrected chi connectivity index (χ4v) is 2.48. The van der Waals surface area contributed by atoms with Crippen LogP contribution in [0.15, 0.2) is 54.6 Å². The van der Waals surface area contributed by atoms with E-state index in [1.807, 2.05) is 19.1 Å². The number of benzene rings is 2. The normalized spacial score (nSPS) is 10.6. The van der Waals surface area contributed by atoms with E-state index in [0.29, 0.717) is 10.8 Å². The number of aromatic nitrogens is 2. The van der Waals surface area contributed by atoms with Crippen molar-refractivity contribution < 1.29 is 9.18 Å². The molecule has 1 amide bonds. The summed E-state index contributed by atoms with van der Waals surface area (Å²) in [4.78, 5) is 12.2. The molecule has 1 heterocycles. The first-order valence-electron chi connectivity index (χ1n) is 7.48. The lowest BCUT2D eigenvalue weighted by atomic mass is 10.2. The molecule has 0 fully saturated rings. The molecule has 0 aliphatic heterocycles. The maximum Gasteiger partial charge on any atom is 0.256 e. The molecule has 0 bridgehead atoms. The molecule has 6 heteroatoms. The zero-order valence-electron chi connectivity index (χ0n) is 13.0. The Morgan fingerprint density at radius 3 is 2.62 bits per heavy atom. The van der Waals surface area contributed by atoms with Crippen LogP contribution < -0.4 is 5.32 Å². The molecule has 0 radical (unpaired) electrons. The fraction of sp³-hybridized carbons (Fsp3) is 0.111. The Morgan fingerprint density at radius 1 is 1.21 bits per heavy atom. The molecule has 1 aromatic heterocycles. The molecule has 0 saturated heterocycles. The number of anilines is 1. The molecule has 0 aliphatic carbocycles. The second kappa shape index (κ2) is 6.84. The van der Waals surface area contributed by atoms with Gasteiger partial charge in [-0.2, -0.15) is 0 Å². The van der Waals surface area contributed by atoms with Gasteiger partial charge in [-0.3, -0.25) is 4.79 Å². The summed E-state index contributed by atoms with van der Waals surface area (Å²) < 4.78 is 15.0. The van der Waals surface area contributed by atoms with Crippen LogP contribution in [0.5, 0.6) is 0 Å². The summed E-state index contributed by atoms with van der Waals surface area (Å²) in [5.74, 6) is -0.447. The van der Waals surface area contributed by atoms with Crippen LogP contribution in [0.25, 0.3) is 5.69 Å². The molecule has 3 rings (SSSR count). The Bertz CT molecular complexity index is 874. The Labute approximate surface area is 143 Å². The smallest absolute Gasteiger partial charge is 0.256 e. The Hall–Kier alpha value is -2.66. The molecule has 0 aliphatic rings. The first-order valence-corrected chi connectivity index (χ1v) is 7.86. The van der Waals surface area contributed by atoms with E-state index in [1.54, 1.807) is 28.9 Å². The molecular weight excluding hydrogens is 329 g/mol. The van der Waals surface area contributed by atoms with Crippen molar-refractivity contribution in [1.29, 1.82) is 0 Å². The Kier molecular flexibility index (Phi) is 4.62. The first-order chi connectivity index (χ1) is 11.6. The molecule has 2 aromatic carbocycles. The quantitative estimate of drug-likeness (QED) is 0.759. The van der Waals surface area contributed by atoms with Crippen molar-refractivity contribution in [3.05, 3.63) is 76.7 Å². The van der Waals surface area contributed by atoms with Crippen LogP contribution >= 0.6 is 11.6 Å². The van der Waals surface area contributed by atoms with Gasteiger partial charge < -0.3 is 5.32 Å². The SMILES string of the molecule is CCc1cc(NC(=O)c2cccc(F)c2)nn1-c1ccc(Cl)cc1. The van der Waals surface area contributed by atoms with Gasteiger partial charge in [-0.1, -0.05) is 24.6 Å². The van der Waals surface area contributed by atoms with Crippen molar-refractivity contribution in [2.75, 3.05) is 5.32 Å². The van der Waals surface area contributed by atoms with Crippen molar-refractivity contribution >= 4 is 23.3 Å². The van der Waals surface area contributed by atoms with Crippen LogP contribution in [-0.2, 0) is 6.42 Å². The van der Waals surface area contributed by atoms with Crippen molar-refractivity contribution in [2.45, 2.75) is 13.3 Å². The van der Waals surface area contributed by atoms with Gasteiger partial charge >= 0.3 is 0 Å². The van der Waals surface area contributed by atoms with Gasteiger partial charge in [0.25, 0.3) is 5.91 Å². The number of aryl methyl sites for hydroxylation is 1. The molecule has 0 unspecified atom stereocenters. The van der Waals surface area contributed by atoms with E-state index in [4.69, 9.17) is 11.6 Å². The van der Waals surface area contributed by atoms with E-state index >= 15 is 0 Å². The van der Waals surface area contributed by atoms with Gasteiger partial charge in [0.1, 0.15) is 5.82 Å². The summed E-state index contributed by atoms with van der Waals surface area (Å²) in [6.07, 6.45) is 0.742. The molecular formula is C18H15ClFN3O. The zero-order valence-corrected chi connectivity index (χ0v) is 13.7. The highest BCUT2D eigenvalue weighted by Crippen LogP contribution is 2.19. The third-order valence-electron chi connectivity index (χ3n) is 3.54. The summed E-state index contributed by atoms with van der Waals surface area (Å²) in [6, 6.07) is 14.6. The minimum atomic E-state index is -0.455. The molecule has 24 heavy (non-hydrogen) atoms. The average Bonchev–Trinajstić information content (AvgIpc) is 2.98. The topological polar surface area (TPSA) is 46.9 Å². The molecule has 3 aromatic rings. The number of halogens is 2. The van der Waals surface area contributed by atoms with Gasteiger partial charge in [0.15, 0.2) is 5.82 Å². The fourth-order valence-electron chi connectivity index (χ4n) is 2.36. The van der Waals surface area contributed by atoms with Crippen molar-refractivity contribution in [1.82, 2.24) is 9.78 Å². The highest BCUT2D eigenvalue weighted by Gasteiger charge is 2.12. The number of nitrogens with one attached hydrogen (secondary N) is 1. The van der Waals surface area contributed by atoms with Crippen LogP contribution in [0.3, 0.4) is 0 Å². The van der Waals surface area contributed by atoms with Gasteiger partial charge in [-0.25, -0.2) is 9.07 Å². The first kappa shape index (κ1) is 16.2. The van der Waals surface area contributed by atoms with Crippen molar-refractivity contribution in [3.63, 3.8) is 0 Å². The lowest BCUT2D eigenvalue weighted by Gasteiger charge is -2.05. The van der Waals surface area contributed by atoms with Crippen LogP contribution in [0.2, 0.25) is 5.02 Å². The Morgan fingerprint density at radius 2 is 1.96 bits per heavy atom. The van der Waals surface area contributed by atoms with E-state index in [2.05, 4.69) is 10.4 Å². The maximum absolute atomic E-state index is 13.2. The summed E-state index contributed by atoms with van der Waals surface area (Å²) in [5, 5.41) is 7.76. The van der Waals surface area contributed by atoms with Gasteiger partial charge in [0, 0.05) is 22.3 Å². The molecule has 0 spiro atoms. The number of hydrogen-bond acceptors (Lipinski definition) is 2. The van der Waals surface area contributed by atoms with E-state index in [1.165, 1.54) is 18.2 Å². The summed E-state index contributed by atoms with van der Waals surface area (Å²) >= 11 is 5.91. The van der Waals surface area contributed by atoms with Crippen molar-refractivity contribution in [2.24, 2.45) is 0 Å². The number of hydrogen-bond donors (Lipinski definition) is 1. The monoisotopic (exact) mass is 343 g/mol. The predicted molar refractivity (Wildman–Crippen MR) is 92.3 cm³/mol. The number of amides is 1. The predicted octanol–water partition coefficient (Wildman–Crippen LogP) is 4.48. The minimum absolute atomic E-state index is 0.245. The minimum Gasteiger partial charge on any atom is -0.305 e. The summed E-state index contributed by atoms with van der Waals surface area (Å²) in [5.41, 5.74) is 2.03. The van der Waals surface area contributed by atoms with E-state index in [-0.39, 0.29) is 5.56 Å². The standard InChI is InChI=1S/C18H15ClFN3O/c1-2-15-11-17(21-18(24)12-4-3-5-14(20)10-12)22-23(15)16-8-6-13(19)7-9-16/h3-11H,2H2,1H3,(H,21,22,24). The van der Waals surface area contributed by atoms with Gasteiger partial charge in [-0.15, -0.1) is 5.10 Å². The average molecular weight is 344 g/mol. The number of carbonyl (C=O) groups excluding carboxylic acids is 1. The molecule has 4 nitrogen and oxygen atoms in total. The van der Waals surface area contributed by atoms with Crippen LogP contribution in [0, 0.1) is 5.82 Å². The third-order valence-corrected chi connectivity index (χ3v) is 3.80. The lowest BCUT2D eigenvalue weighted by molar-refractivity contribution is 0.102. The third kappa shape index (κ3) is 3.46. The molecule has 1 N–H and O–H groups in total. The van der Waals surface area contributed by atoms with Crippen LogP contribution in [0.1, 0.15) is 23.0 Å².